The summed E-state index contributed by atoms with van der Waals surface area (Å²) < 4.78 is 25.3. The summed E-state index contributed by atoms with van der Waals surface area (Å²) in [6.07, 6.45) is 0. The number of nitriles is 1. The molecule has 1 atom stereocenters. The minimum atomic E-state index is -3.75. The Labute approximate surface area is 107 Å². The van der Waals surface area contributed by atoms with Crippen molar-refractivity contribution in [3.05, 3.63) is 29.8 Å². The first-order valence-electron chi connectivity index (χ1n) is 5.29. The molecular formula is C12H14N2O3S. The van der Waals surface area contributed by atoms with E-state index >= 15 is 0 Å². The molecule has 0 heterocycles. The molecule has 5 nitrogen and oxygen atoms in total. The highest BCUT2D eigenvalue weighted by atomic mass is 32.2. The van der Waals surface area contributed by atoms with Gasteiger partial charge in [-0.1, -0.05) is 12.1 Å². The molecule has 6 heteroatoms. The highest BCUT2D eigenvalue weighted by Gasteiger charge is 2.25. The average molecular weight is 266 g/mol. The first-order valence-corrected chi connectivity index (χ1v) is 6.73. The number of ketones is 1. The van der Waals surface area contributed by atoms with Crippen molar-refractivity contribution in [2.24, 2.45) is 0 Å². The maximum atomic E-state index is 12.2. The van der Waals surface area contributed by atoms with Crippen LogP contribution in [0.2, 0.25) is 0 Å². The molecule has 0 spiro atoms. The molecule has 0 amide bonds. The average Bonchev–Trinajstić information content (AvgIpc) is 2.36. The van der Waals surface area contributed by atoms with E-state index in [0.717, 1.165) is 4.31 Å². The highest BCUT2D eigenvalue weighted by Crippen LogP contribution is 2.17. The van der Waals surface area contributed by atoms with Crippen molar-refractivity contribution in [2.45, 2.75) is 24.8 Å². The molecule has 0 aromatic heterocycles. The standard InChI is InChI=1S/C12H14N2O3S/c1-9(8-13)14(3)18(16,17)12-6-4-5-11(7-12)10(2)15/h4-7,9H,1-3H3. The van der Waals surface area contributed by atoms with Crippen molar-refractivity contribution in [2.75, 3.05) is 7.05 Å². The quantitative estimate of drug-likeness (QED) is 0.772. The largest absolute Gasteiger partial charge is 0.295 e. The van der Waals surface area contributed by atoms with Gasteiger partial charge in [-0.05, 0) is 26.0 Å². The Morgan fingerprint density at radius 1 is 1.44 bits per heavy atom. The van der Waals surface area contributed by atoms with Gasteiger partial charge in [-0.15, -0.1) is 0 Å². The van der Waals surface area contributed by atoms with Gasteiger partial charge in [-0.2, -0.15) is 9.57 Å². The number of hydrogen-bond acceptors (Lipinski definition) is 4. The summed E-state index contributed by atoms with van der Waals surface area (Å²) in [6, 6.07) is 6.87. The van der Waals surface area contributed by atoms with Gasteiger partial charge in [0.2, 0.25) is 10.0 Å². The van der Waals surface area contributed by atoms with E-state index < -0.39 is 16.1 Å². The van der Waals surface area contributed by atoms with Gasteiger partial charge in [0.25, 0.3) is 0 Å². The fourth-order valence-electron chi connectivity index (χ4n) is 1.33. The second-order valence-corrected chi connectivity index (χ2v) is 5.91. The van der Waals surface area contributed by atoms with Crippen LogP contribution in [0.25, 0.3) is 0 Å². The Morgan fingerprint density at radius 3 is 2.56 bits per heavy atom. The molecule has 1 rings (SSSR count). The number of sulfonamides is 1. The van der Waals surface area contributed by atoms with E-state index in [9.17, 15) is 13.2 Å². The second-order valence-electron chi connectivity index (χ2n) is 3.91. The van der Waals surface area contributed by atoms with Crippen LogP contribution in [0.15, 0.2) is 29.2 Å². The number of nitrogens with zero attached hydrogens (tertiary/aromatic N) is 2. The van der Waals surface area contributed by atoms with E-state index in [1.807, 2.05) is 6.07 Å². The van der Waals surface area contributed by atoms with Crippen LogP contribution in [-0.4, -0.2) is 31.6 Å². The van der Waals surface area contributed by atoms with Crippen LogP contribution in [0.5, 0.6) is 0 Å². The molecule has 0 aliphatic carbocycles. The zero-order chi connectivity index (χ0) is 13.9. The molecule has 0 N–H and O–H groups in total. The molecule has 0 bridgehead atoms. The van der Waals surface area contributed by atoms with Crippen molar-refractivity contribution in [1.29, 1.82) is 5.26 Å². The van der Waals surface area contributed by atoms with E-state index in [1.54, 1.807) is 6.07 Å². The zero-order valence-electron chi connectivity index (χ0n) is 10.4. The Bertz CT molecular complexity index is 602. The van der Waals surface area contributed by atoms with E-state index in [0.29, 0.717) is 5.56 Å². The van der Waals surface area contributed by atoms with Gasteiger partial charge < -0.3 is 0 Å². The van der Waals surface area contributed by atoms with Crippen LogP contribution in [0.3, 0.4) is 0 Å². The first-order chi connectivity index (χ1) is 8.30. The van der Waals surface area contributed by atoms with Crippen LogP contribution < -0.4 is 0 Å². The summed E-state index contributed by atoms with van der Waals surface area (Å²) in [5.74, 6) is -0.206. The number of carbonyl (C=O) groups excluding carboxylic acids is 1. The maximum Gasteiger partial charge on any atom is 0.244 e. The first kappa shape index (κ1) is 14.4. The van der Waals surface area contributed by atoms with Crippen molar-refractivity contribution < 1.29 is 13.2 Å². The second kappa shape index (κ2) is 5.29. The summed E-state index contributed by atoms with van der Waals surface area (Å²) in [5.41, 5.74) is 0.328. The van der Waals surface area contributed by atoms with Crippen LogP contribution in [0.4, 0.5) is 0 Å². The normalized spacial score (nSPS) is 13.1. The number of benzene rings is 1. The molecule has 1 aromatic carbocycles. The zero-order valence-corrected chi connectivity index (χ0v) is 11.2. The molecular weight excluding hydrogens is 252 g/mol. The molecule has 96 valence electrons. The molecule has 0 radical (unpaired) electrons. The molecule has 0 saturated heterocycles. The third-order valence-electron chi connectivity index (χ3n) is 2.65. The Hall–Kier alpha value is -1.71. The Kier molecular flexibility index (Phi) is 4.22. The van der Waals surface area contributed by atoms with Crippen LogP contribution in [0, 0.1) is 11.3 Å². The van der Waals surface area contributed by atoms with Crippen LogP contribution >= 0.6 is 0 Å². The fraction of sp³-hybridized carbons (Fsp3) is 0.333. The lowest BCUT2D eigenvalue weighted by Crippen LogP contribution is -2.34. The summed E-state index contributed by atoms with van der Waals surface area (Å²) in [5, 5.41) is 8.75. The predicted octanol–water partition coefficient (Wildman–Crippen LogP) is 1.42. The van der Waals surface area contributed by atoms with Crippen LogP contribution in [0.1, 0.15) is 24.2 Å². The number of carbonyl (C=O) groups is 1. The molecule has 0 saturated carbocycles. The molecule has 0 aliphatic rings. The smallest absolute Gasteiger partial charge is 0.244 e. The van der Waals surface area contributed by atoms with Crippen LogP contribution in [-0.2, 0) is 10.0 Å². The van der Waals surface area contributed by atoms with E-state index in [4.69, 9.17) is 5.26 Å². The van der Waals surface area contributed by atoms with E-state index in [1.165, 1.54) is 39.1 Å². The van der Waals surface area contributed by atoms with Gasteiger partial charge >= 0.3 is 0 Å². The number of Topliss-reactive ketones (excluding diaryl/α,β-unsaturated/α-hetero) is 1. The lowest BCUT2D eigenvalue weighted by atomic mass is 10.2. The Balaban J connectivity index is 3.26. The third kappa shape index (κ3) is 2.75. The fourth-order valence-corrected chi connectivity index (χ4v) is 2.65. The monoisotopic (exact) mass is 266 g/mol. The summed E-state index contributed by atoms with van der Waals surface area (Å²) in [7, 11) is -2.41. The summed E-state index contributed by atoms with van der Waals surface area (Å²) in [6.45, 7) is 2.86. The number of hydrogen-bond donors (Lipinski definition) is 0. The highest BCUT2D eigenvalue weighted by molar-refractivity contribution is 7.89. The predicted molar refractivity (Wildman–Crippen MR) is 66.5 cm³/mol. The van der Waals surface area contributed by atoms with Crippen molar-refractivity contribution >= 4 is 15.8 Å². The molecule has 1 unspecified atom stereocenters. The van der Waals surface area contributed by atoms with Crippen molar-refractivity contribution in [3.8, 4) is 6.07 Å². The Morgan fingerprint density at radius 2 is 2.06 bits per heavy atom. The van der Waals surface area contributed by atoms with E-state index in [-0.39, 0.29) is 10.7 Å². The minimum Gasteiger partial charge on any atom is -0.295 e. The van der Waals surface area contributed by atoms with Gasteiger partial charge in [0.1, 0.15) is 6.04 Å². The summed E-state index contributed by atoms with van der Waals surface area (Å²) in [4.78, 5) is 11.2. The van der Waals surface area contributed by atoms with Gasteiger partial charge in [-0.3, -0.25) is 4.79 Å². The SMILES string of the molecule is CC(=O)c1cccc(S(=O)(=O)N(C)C(C)C#N)c1. The van der Waals surface area contributed by atoms with Gasteiger partial charge in [0, 0.05) is 12.6 Å². The topological polar surface area (TPSA) is 78.2 Å². The van der Waals surface area contributed by atoms with Gasteiger partial charge in [-0.25, -0.2) is 8.42 Å². The van der Waals surface area contributed by atoms with Gasteiger partial charge in [0.15, 0.2) is 5.78 Å². The molecule has 0 fully saturated rings. The van der Waals surface area contributed by atoms with Crippen molar-refractivity contribution in [3.63, 3.8) is 0 Å². The molecule has 18 heavy (non-hydrogen) atoms. The van der Waals surface area contributed by atoms with E-state index in [2.05, 4.69) is 0 Å². The van der Waals surface area contributed by atoms with Crippen molar-refractivity contribution in [1.82, 2.24) is 4.31 Å². The maximum absolute atomic E-state index is 12.2. The summed E-state index contributed by atoms with van der Waals surface area (Å²) >= 11 is 0. The lowest BCUT2D eigenvalue weighted by molar-refractivity contribution is 0.101. The minimum absolute atomic E-state index is 0.0137. The number of rotatable bonds is 4. The lowest BCUT2D eigenvalue weighted by Gasteiger charge is -2.19. The molecule has 0 aliphatic heterocycles. The third-order valence-corrected chi connectivity index (χ3v) is 4.57. The van der Waals surface area contributed by atoms with Gasteiger partial charge in [0.05, 0.1) is 11.0 Å². The molecule has 1 aromatic rings.